The van der Waals surface area contributed by atoms with Crippen molar-refractivity contribution in [1.29, 1.82) is 5.26 Å². The molecule has 0 aromatic carbocycles. The summed E-state index contributed by atoms with van der Waals surface area (Å²) >= 11 is 0. The van der Waals surface area contributed by atoms with Crippen LogP contribution in [0.4, 0.5) is 0 Å². The summed E-state index contributed by atoms with van der Waals surface area (Å²) in [5, 5.41) is 23.4. The van der Waals surface area contributed by atoms with Crippen molar-refractivity contribution in [3.05, 3.63) is 0 Å². The second-order valence-corrected chi connectivity index (χ2v) is 7.08. The van der Waals surface area contributed by atoms with Gasteiger partial charge in [-0.3, -0.25) is 4.79 Å². The maximum Gasteiger partial charge on any atom is 0.253 e. The van der Waals surface area contributed by atoms with Gasteiger partial charge < -0.3 is 10.4 Å². The van der Waals surface area contributed by atoms with E-state index in [2.05, 4.69) is 11.4 Å². The molecule has 2 aliphatic heterocycles. The lowest BCUT2D eigenvalue weighted by Crippen LogP contribution is -2.79. The molecule has 1 amide bonds. The Labute approximate surface area is 98.0 Å². The van der Waals surface area contributed by atoms with Gasteiger partial charge in [0.05, 0.1) is 6.07 Å². The van der Waals surface area contributed by atoms with E-state index in [1.54, 1.807) is 0 Å². The Kier molecular flexibility index (Phi) is 0.822. The largest absolute Gasteiger partial charge is 0.379 e. The maximum atomic E-state index is 12.2. The molecule has 7 aliphatic rings. The normalized spacial score (nSPS) is 78.5. The van der Waals surface area contributed by atoms with E-state index in [0.29, 0.717) is 23.7 Å². The molecule has 7 fully saturated rings. The van der Waals surface area contributed by atoms with Crippen molar-refractivity contribution in [3.8, 4) is 6.07 Å². The van der Waals surface area contributed by atoms with Gasteiger partial charge in [0.15, 0.2) is 0 Å². The average molecular weight is 228 g/mol. The predicted octanol–water partition coefficient (Wildman–Crippen LogP) is -0.503. The van der Waals surface area contributed by atoms with Crippen LogP contribution in [-0.4, -0.2) is 22.2 Å². The van der Waals surface area contributed by atoms with Gasteiger partial charge in [0.1, 0.15) is 11.1 Å². The summed E-state index contributed by atoms with van der Waals surface area (Å²) in [5.74, 6) is 2.86. The average Bonchev–Trinajstić information content (AvgIpc) is 2.79. The van der Waals surface area contributed by atoms with Crippen LogP contribution in [0.15, 0.2) is 0 Å². The minimum Gasteiger partial charge on any atom is -0.379 e. The number of carbonyl (C=O) groups is 1. The Morgan fingerprint density at radius 2 is 1.94 bits per heavy atom. The lowest BCUT2D eigenvalue weighted by Gasteiger charge is -2.61. The predicted molar refractivity (Wildman–Crippen MR) is 54.0 cm³/mol. The van der Waals surface area contributed by atoms with E-state index >= 15 is 0 Å². The van der Waals surface area contributed by atoms with Crippen LogP contribution in [0.2, 0.25) is 0 Å². The second-order valence-electron chi connectivity index (χ2n) is 7.08. The zero-order valence-electron chi connectivity index (χ0n) is 9.13. The number of fused-ring (bicyclic) bond motifs is 1. The molecule has 5 saturated carbocycles. The van der Waals surface area contributed by atoms with Crippen molar-refractivity contribution < 1.29 is 9.90 Å². The lowest BCUT2D eigenvalue weighted by molar-refractivity contribution is -0.200. The van der Waals surface area contributed by atoms with E-state index in [9.17, 15) is 15.2 Å². The highest BCUT2D eigenvalue weighted by atomic mass is 16.3. The number of hydrogen-bond acceptors (Lipinski definition) is 3. The van der Waals surface area contributed by atoms with Crippen LogP contribution < -0.4 is 5.32 Å². The highest BCUT2D eigenvalue weighted by Crippen LogP contribution is 2.88. The van der Waals surface area contributed by atoms with Gasteiger partial charge in [-0.2, -0.15) is 5.26 Å². The van der Waals surface area contributed by atoms with E-state index in [4.69, 9.17) is 0 Å². The molecule has 2 saturated heterocycles. The smallest absolute Gasteiger partial charge is 0.253 e. The Morgan fingerprint density at radius 1 is 1.24 bits per heavy atom. The van der Waals surface area contributed by atoms with Gasteiger partial charge in [-0.05, 0) is 30.1 Å². The fourth-order valence-corrected chi connectivity index (χ4v) is 7.60. The summed E-state index contributed by atoms with van der Waals surface area (Å²) in [4.78, 5) is 12.2. The molecule has 0 aromatic rings. The van der Waals surface area contributed by atoms with Crippen molar-refractivity contribution in [2.24, 2.45) is 47.3 Å². The Balaban J connectivity index is 1.77. The molecular weight excluding hydrogens is 216 g/mol. The molecule has 5 aliphatic carbocycles. The van der Waals surface area contributed by atoms with Crippen LogP contribution in [-0.2, 0) is 4.79 Å². The molecule has 0 aromatic heterocycles. The minimum atomic E-state index is -1.11. The van der Waals surface area contributed by atoms with Gasteiger partial charge in [-0.25, -0.2) is 0 Å². The summed E-state index contributed by atoms with van der Waals surface area (Å²) in [6, 6.07) is 2.45. The number of nitrogens with zero attached hydrogens (tertiary/aromatic N) is 1. The molecule has 2 N–H and O–H groups in total. The number of rotatable bonds is 0. The Morgan fingerprint density at radius 3 is 2.71 bits per heavy atom. The molecule has 0 spiro atoms. The van der Waals surface area contributed by atoms with Crippen LogP contribution >= 0.6 is 0 Å². The molecule has 2 unspecified atom stereocenters. The van der Waals surface area contributed by atoms with Gasteiger partial charge in [0.2, 0.25) is 0 Å². The molecule has 17 heavy (non-hydrogen) atoms. The standard InChI is InChI=1S/C13H12N2O2/c14-2-12-7-3-1-4-6-5(3)9(12)10(6)13(17,8(4)7)11(16)15-12/h3-10,17H,1H2,(H,15,16)/t3-,4-,5+,6-,7+,8-,9+,10-,12?,13?/m1/s1. The first-order valence-electron chi connectivity index (χ1n) is 6.62. The maximum absolute atomic E-state index is 12.2. The first-order valence-corrected chi connectivity index (χ1v) is 6.62. The Bertz CT molecular complexity index is 568. The molecule has 4 nitrogen and oxygen atoms in total. The third-order valence-corrected chi connectivity index (χ3v) is 7.44. The number of aliphatic hydroxyl groups is 1. The summed E-state index contributed by atoms with van der Waals surface area (Å²) in [6.45, 7) is 0. The van der Waals surface area contributed by atoms with Crippen molar-refractivity contribution in [1.82, 2.24) is 5.32 Å². The summed E-state index contributed by atoms with van der Waals surface area (Å²) in [6.07, 6.45) is 1.17. The highest BCUT2D eigenvalue weighted by Gasteiger charge is 2.95. The summed E-state index contributed by atoms with van der Waals surface area (Å²) in [7, 11) is 0. The lowest BCUT2D eigenvalue weighted by atomic mass is 9.48. The van der Waals surface area contributed by atoms with Gasteiger partial charge in [0, 0.05) is 23.7 Å². The fourth-order valence-electron chi connectivity index (χ4n) is 7.60. The molecule has 4 bridgehead atoms. The Hall–Kier alpha value is -1.08. The SMILES string of the molecule is N#CC12NC(=O)C3(O)[C@@H]4[C@@H]5C[C@H]([C@H]6[C@@H]5[C@@H]3[C@H]61)[C@@H]42. The van der Waals surface area contributed by atoms with Gasteiger partial charge in [0.25, 0.3) is 5.91 Å². The molecule has 7 rings (SSSR count). The first-order chi connectivity index (χ1) is 8.16. The first kappa shape index (κ1) is 8.10. The van der Waals surface area contributed by atoms with E-state index in [0.717, 1.165) is 0 Å². The molecule has 4 heteroatoms. The number of piperidine rings is 2. The van der Waals surface area contributed by atoms with E-state index in [-0.39, 0.29) is 29.6 Å². The number of hydrogen-bond donors (Lipinski definition) is 2. The molecular formula is C13H12N2O2. The van der Waals surface area contributed by atoms with E-state index < -0.39 is 11.1 Å². The second kappa shape index (κ2) is 1.73. The topological polar surface area (TPSA) is 73.1 Å². The minimum absolute atomic E-state index is 0.103. The fraction of sp³-hybridized carbons (Fsp3) is 0.846. The van der Waals surface area contributed by atoms with Gasteiger partial charge in [-0.1, -0.05) is 0 Å². The van der Waals surface area contributed by atoms with E-state index in [1.807, 2.05) is 0 Å². The monoisotopic (exact) mass is 228 g/mol. The van der Waals surface area contributed by atoms with Crippen molar-refractivity contribution in [2.75, 3.05) is 0 Å². The highest BCUT2D eigenvalue weighted by molar-refractivity contribution is 5.92. The van der Waals surface area contributed by atoms with Crippen molar-refractivity contribution in [2.45, 2.75) is 17.6 Å². The third-order valence-electron chi connectivity index (χ3n) is 7.44. The number of nitriles is 1. The number of amides is 1. The van der Waals surface area contributed by atoms with Gasteiger partial charge in [-0.15, -0.1) is 0 Å². The third kappa shape index (κ3) is 0.421. The van der Waals surface area contributed by atoms with Crippen LogP contribution in [0.25, 0.3) is 0 Å². The quantitative estimate of drug-likeness (QED) is 0.587. The zero-order valence-corrected chi connectivity index (χ0v) is 9.13. The number of nitrogens with one attached hydrogen (secondary N) is 1. The summed E-state index contributed by atoms with van der Waals surface area (Å²) < 4.78 is 0. The van der Waals surface area contributed by atoms with Crippen LogP contribution in [0, 0.1) is 58.7 Å². The number of carbonyl (C=O) groups excluding carboxylic acids is 1. The molecule has 2 heterocycles. The van der Waals surface area contributed by atoms with Crippen LogP contribution in [0.3, 0.4) is 0 Å². The summed E-state index contributed by atoms with van der Waals surface area (Å²) in [5.41, 5.74) is -1.71. The van der Waals surface area contributed by atoms with Crippen LogP contribution in [0.1, 0.15) is 6.42 Å². The van der Waals surface area contributed by atoms with Crippen LogP contribution in [0.5, 0.6) is 0 Å². The molecule has 86 valence electrons. The van der Waals surface area contributed by atoms with Gasteiger partial charge >= 0.3 is 0 Å². The van der Waals surface area contributed by atoms with Crippen molar-refractivity contribution in [3.63, 3.8) is 0 Å². The zero-order chi connectivity index (χ0) is 11.3. The molecule has 0 radical (unpaired) electrons. The van der Waals surface area contributed by atoms with E-state index in [1.165, 1.54) is 6.42 Å². The van der Waals surface area contributed by atoms with Crippen molar-refractivity contribution >= 4 is 5.91 Å². The molecule has 10 atom stereocenters.